The van der Waals surface area contributed by atoms with Gasteiger partial charge in [-0.2, -0.15) is 0 Å². The van der Waals surface area contributed by atoms with E-state index in [4.69, 9.17) is 11.6 Å². The van der Waals surface area contributed by atoms with Crippen LogP contribution in [0.3, 0.4) is 0 Å². The topological polar surface area (TPSA) is 68.9 Å². The first-order valence-corrected chi connectivity index (χ1v) is 5.71. The number of nitro groups is 1. The maximum absolute atomic E-state index is 14.0. The average Bonchev–Trinajstić information content (AvgIpc) is 2.26. The molecular weight excluding hydrogens is 273 g/mol. The highest BCUT2D eigenvalue weighted by Crippen LogP contribution is 2.35. The van der Waals surface area contributed by atoms with Crippen molar-refractivity contribution >= 4 is 17.3 Å². The van der Waals surface area contributed by atoms with Gasteiger partial charge in [-0.1, -0.05) is 17.7 Å². The van der Waals surface area contributed by atoms with Gasteiger partial charge in [-0.05, 0) is 31.0 Å². The van der Waals surface area contributed by atoms with Crippen LogP contribution < -0.4 is 0 Å². The third-order valence-corrected chi connectivity index (χ3v) is 2.91. The van der Waals surface area contributed by atoms with Gasteiger partial charge in [0.15, 0.2) is 5.69 Å². The minimum atomic E-state index is -0.712. The van der Waals surface area contributed by atoms with Crippen LogP contribution in [0.5, 0.6) is 0 Å². The van der Waals surface area contributed by atoms with Crippen molar-refractivity contribution in [1.29, 1.82) is 0 Å². The summed E-state index contributed by atoms with van der Waals surface area (Å²) in [6.45, 7) is 3.40. The second kappa shape index (κ2) is 4.89. The molecule has 0 aliphatic carbocycles. The van der Waals surface area contributed by atoms with Gasteiger partial charge in [-0.25, -0.2) is 14.4 Å². The molecule has 0 saturated carbocycles. The van der Waals surface area contributed by atoms with Crippen molar-refractivity contribution in [3.63, 3.8) is 0 Å². The molecule has 1 heterocycles. The summed E-state index contributed by atoms with van der Waals surface area (Å²) in [4.78, 5) is 17.7. The lowest BCUT2D eigenvalue weighted by atomic mass is 10.0. The highest BCUT2D eigenvalue weighted by Gasteiger charge is 2.25. The Hall–Kier alpha value is -2.08. The van der Waals surface area contributed by atoms with Crippen LogP contribution in [0.1, 0.15) is 11.1 Å². The van der Waals surface area contributed by atoms with Gasteiger partial charge < -0.3 is 0 Å². The fourth-order valence-electron chi connectivity index (χ4n) is 1.92. The van der Waals surface area contributed by atoms with E-state index in [0.717, 1.165) is 11.9 Å². The summed E-state index contributed by atoms with van der Waals surface area (Å²) in [7, 11) is 0. The summed E-state index contributed by atoms with van der Waals surface area (Å²) in [5.74, 6) is -0.574. The molecule has 0 radical (unpaired) electrons. The Morgan fingerprint density at radius 1 is 1.32 bits per heavy atom. The van der Waals surface area contributed by atoms with Gasteiger partial charge in [0.1, 0.15) is 12.1 Å². The molecule has 19 heavy (non-hydrogen) atoms. The summed E-state index contributed by atoms with van der Waals surface area (Å²) >= 11 is 5.70. The standard InChI is InChI=1S/C12H9ClFN3O2/c1-6-3-7(2)9(8(14)4-6)10-11(17(18)19)12(13)16-5-15-10/h3-5H,1-2H3. The second-order valence-corrected chi connectivity index (χ2v) is 4.42. The van der Waals surface area contributed by atoms with Crippen LogP contribution in [-0.4, -0.2) is 14.9 Å². The summed E-state index contributed by atoms with van der Waals surface area (Å²) in [6.07, 6.45) is 1.07. The molecular formula is C12H9ClFN3O2. The molecule has 0 bridgehead atoms. The Kier molecular flexibility index (Phi) is 3.44. The zero-order valence-corrected chi connectivity index (χ0v) is 10.9. The molecule has 7 heteroatoms. The minimum absolute atomic E-state index is 0.0709. The molecule has 0 unspecified atom stereocenters. The van der Waals surface area contributed by atoms with Crippen molar-refractivity contribution < 1.29 is 9.31 Å². The third kappa shape index (κ3) is 2.39. The summed E-state index contributed by atoms with van der Waals surface area (Å²) in [6, 6.07) is 3.01. The Labute approximate surface area is 113 Å². The van der Waals surface area contributed by atoms with Gasteiger partial charge >= 0.3 is 5.69 Å². The van der Waals surface area contributed by atoms with Crippen molar-refractivity contribution in [2.75, 3.05) is 0 Å². The highest BCUT2D eigenvalue weighted by molar-refractivity contribution is 6.31. The molecule has 0 spiro atoms. The number of rotatable bonds is 2. The lowest BCUT2D eigenvalue weighted by Crippen LogP contribution is -2.01. The zero-order valence-electron chi connectivity index (χ0n) is 10.1. The van der Waals surface area contributed by atoms with Gasteiger partial charge in [0.05, 0.1) is 4.92 Å². The second-order valence-electron chi connectivity index (χ2n) is 4.06. The van der Waals surface area contributed by atoms with E-state index in [1.165, 1.54) is 6.07 Å². The number of aromatic nitrogens is 2. The van der Waals surface area contributed by atoms with E-state index in [-0.39, 0.29) is 16.4 Å². The molecule has 1 aromatic carbocycles. The number of aryl methyl sites for hydroxylation is 2. The van der Waals surface area contributed by atoms with Crippen LogP contribution in [-0.2, 0) is 0 Å². The van der Waals surface area contributed by atoms with E-state index in [1.807, 2.05) is 0 Å². The Bertz CT molecular complexity index is 653. The maximum Gasteiger partial charge on any atom is 0.332 e. The fraction of sp³-hybridized carbons (Fsp3) is 0.167. The number of halogens is 2. The van der Waals surface area contributed by atoms with E-state index < -0.39 is 16.4 Å². The van der Waals surface area contributed by atoms with Gasteiger partial charge in [-0.3, -0.25) is 10.1 Å². The molecule has 0 aliphatic heterocycles. The van der Waals surface area contributed by atoms with Gasteiger partial charge in [0.2, 0.25) is 5.15 Å². The molecule has 0 N–H and O–H groups in total. The van der Waals surface area contributed by atoms with E-state index in [1.54, 1.807) is 19.9 Å². The third-order valence-electron chi connectivity index (χ3n) is 2.63. The lowest BCUT2D eigenvalue weighted by molar-refractivity contribution is -0.384. The van der Waals surface area contributed by atoms with Crippen LogP contribution in [0.2, 0.25) is 5.15 Å². The van der Waals surface area contributed by atoms with Crippen LogP contribution in [0.4, 0.5) is 10.1 Å². The average molecular weight is 282 g/mol. The molecule has 0 fully saturated rings. The molecule has 5 nitrogen and oxygen atoms in total. The van der Waals surface area contributed by atoms with E-state index in [2.05, 4.69) is 9.97 Å². The monoisotopic (exact) mass is 281 g/mol. The quantitative estimate of drug-likeness (QED) is 0.480. The number of hydrogen-bond donors (Lipinski definition) is 0. The SMILES string of the molecule is Cc1cc(C)c(-c2ncnc(Cl)c2[N+](=O)[O-])c(F)c1. The summed E-state index contributed by atoms with van der Waals surface area (Å²) < 4.78 is 14.0. The van der Waals surface area contributed by atoms with Crippen LogP contribution in [0.25, 0.3) is 11.3 Å². The first-order chi connectivity index (χ1) is 8.91. The van der Waals surface area contributed by atoms with Crippen molar-refractivity contribution in [2.24, 2.45) is 0 Å². The molecule has 0 aliphatic rings. The highest BCUT2D eigenvalue weighted by atomic mass is 35.5. The Balaban J connectivity index is 2.80. The molecule has 0 atom stereocenters. The molecule has 1 aromatic heterocycles. The summed E-state index contributed by atoms with van der Waals surface area (Å²) in [5, 5.41) is 10.7. The summed E-state index contributed by atoms with van der Waals surface area (Å²) in [5.41, 5.74) is 0.744. The molecule has 0 saturated heterocycles. The smallest absolute Gasteiger partial charge is 0.258 e. The molecule has 98 valence electrons. The maximum atomic E-state index is 14.0. The zero-order chi connectivity index (χ0) is 14.2. The van der Waals surface area contributed by atoms with E-state index >= 15 is 0 Å². The van der Waals surface area contributed by atoms with Crippen LogP contribution in [0.15, 0.2) is 18.5 Å². The molecule has 2 aromatic rings. The largest absolute Gasteiger partial charge is 0.332 e. The number of benzene rings is 1. The lowest BCUT2D eigenvalue weighted by Gasteiger charge is -2.08. The molecule has 2 rings (SSSR count). The first-order valence-electron chi connectivity index (χ1n) is 5.34. The van der Waals surface area contributed by atoms with Crippen molar-refractivity contribution in [2.45, 2.75) is 13.8 Å². The van der Waals surface area contributed by atoms with Gasteiger partial charge in [-0.15, -0.1) is 0 Å². The minimum Gasteiger partial charge on any atom is -0.258 e. The predicted molar refractivity (Wildman–Crippen MR) is 68.6 cm³/mol. The van der Waals surface area contributed by atoms with Crippen molar-refractivity contribution in [1.82, 2.24) is 9.97 Å². The normalized spacial score (nSPS) is 10.5. The van der Waals surface area contributed by atoms with Crippen LogP contribution >= 0.6 is 11.6 Å². The molecule has 0 amide bonds. The van der Waals surface area contributed by atoms with Crippen molar-refractivity contribution in [3.05, 3.63) is 50.7 Å². The predicted octanol–water partition coefficient (Wildman–Crippen LogP) is 3.46. The number of hydrogen-bond acceptors (Lipinski definition) is 4. The van der Waals surface area contributed by atoms with Crippen molar-refractivity contribution in [3.8, 4) is 11.3 Å². The van der Waals surface area contributed by atoms with Gasteiger partial charge in [0.25, 0.3) is 0 Å². The van der Waals surface area contributed by atoms with E-state index in [0.29, 0.717) is 5.56 Å². The van der Waals surface area contributed by atoms with Crippen LogP contribution in [0, 0.1) is 29.8 Å². The fourth-order valence-corrected chi connectivity index (χ4v) is 2.12. The van der Waals surface area contributed by atoms with Gasteiger partial charge in [0, 0.05) is 5.56 Å². The Morgan fingerprint density at radius 2 is 2.00 bits per heavy atom. The Morgan fingerprint density at radius 3 is 2.58 bits per heavy atom. The first kappa shape index (κ1) is 13.4. The number of nitrogens with zero attached hydrogens (tertiary/aromatic N) is 3. The van der Waals surface area contributed by atoms with E-state index in [9.17, 15) is 14.5 Å².